The summed E-state index contributed by atoms with van der Waals surface area (Å²) in [7, 11) is -3.71. The SMILES string of the molecule is Cc1ccc(NS(=O)(=O)c2ccc(OCC(=O)N[C@H](C)c3ccc(Br)cc3)cc2)cc1. The van der Waals surface area contributed by atoms with Gasteiger partial charge in [-0.05, 0) is 67.9 Å². The summed E-state index contributed by atoms with van der Waals surface area (Å²) >= 11 is 3.38. The first-order chi connectivity index (χ1) is 14.7. The number of carbonyl (C=O) groups is 1. The van der Waals surface area contributed by atoms with Gasteiger partial charge in [0.15, 0.2) is 6.61 Å². The Balaban J connectivity index is 1.54. The highest BCUT2D eigenvalue weighted by Crippen LogP contribution is 2.20. The average molecular weight is 503 g/mol. The zero-order valence-corrected chi connectivity index (χ0v) is 19.5. The van der Waals surface area contributed by atoms with Gasteiger partial charge in [-0.15, -0.1) is 0 Å². The second-order valence-corrected chi connectivity index (χ2v) is 9.67. The molecular weight excluding hydrogens is 480 g/mol. The van der Waals surface area contributed by atoms with Gasteiger partial charge >= 0.3 is 0 Å². The van der Waals surface area contributed by atoms with E-state index in [2.05, 4.69) is 26.0 Å². The Bertz CT molecular complexity index is 1130. The highest BCUT2D eigenvalue weighted by Gasteiger charge is 2.15. The fraction of sp³-hybridized carbons (Fsp3) is 0.174. The van der Waals surface area contributed by atoms with Crippen molar-refractivity contribution >= 4 is 37.5 Å². The molecule has 3 rings (SSSR count). The summed E-state index contributed by atoms with van der Waals surface area (Å²) < 4.78 is 34.0. The number of rotatable bonds is 8. The first-order valence-electron chi connectivity index (χ1n) is 9.60. The zero-order chi connectivity index (χ0) is 22.4. The lowest BCUT2D eigenvalue weighted by Gasteiger charge is -2.15. The van der Waals surface area contributed by atoms with E-state index in [1.54, 1.807) is 12.1 Å². The maximum atomic E-state index is 12.5. The van der Waals surface area contributed by atoms with E-state index in [1.165, 1.54) is 24.3 Å². The van der Waals surface area contributed by atoms with Gasteiger partial charge < -0.3 is 10.1 Å². The van der Waals surface area contributed by atoms with Crippen molar-refractivity contribution in [3.05, 3.63) is 88.4 Å². The molecule has 0 saturated carbocycles. The van der Waals surface area contributed by atoms with Crippen LogP contribution in [0.1, 0.15) is 24.1 Å². The highest BCUT2D eigenvalue weighted by atomic mass is 79.9. The van der Waals surface area contributed by atoms with Gasteiger partial charge in [-0.1, -0.05) is 45.8 Å². The largest absolute Gasteiger partial charge is 0.484 e. The van der Waals surface area contributed by atoms with Gasteiger partial charge in [0.25, 0.3) is 15.9 Å². The molecule has 0 radical (unpaired) electrons. The van der Waals surface area contributed by atoms with Crippen LogP contribution < -0.4 is 14.8 Å². The fourth-order valence-corrected chi connectivity index (χ4v) is 4.14. The van der Waals surface area contributed by atoms with Crippen molar-refractivity contribution in [2.24, 2.45) is 0 Å². The third kappa shape index (κ3) is 6.57. The van der Waals surface area contributed by atoms with Crippen LogP contribution in [0.2, 0.25) is 0 Å². The first-order valence-corrected chi connectivity index (χ1v) is 11.9. The van der Waals surface area contributed by atoms with E-state index in [0.717, 1.165) is 15.6 Å². The number of halogens is 1. The summed E-state index contributed by atoms with van der Waals surface area (Å²) in [6.07, 6.45) is 0. The molecule has 162 valence electrons. The van der Waals surface area contributed by atoms with Crippen molar-refractivity contribution in [1.82, 2.24) is 5.32 Å². The summed E-state index contributed by atoms with van der Waals surface area (Å²) in [6.45, 7) is 3.65. The van der Waals surface area contributed by atoms with E-state index in [4.69, 9.17) is 4.74 Å². The predicted octanol–water partition coefficient (Wildman–Crippen LogP) is 4.81. The molecule has 1 amide bonds. The fourth-order valence-electron chi connectivity index (χ4n) is 2.82. The lowest BCUT2D eigenvalue weighted by molar-refractivity contribution is -0.123. The van der Waals surface area contributed by atoms with Crippen LogP contribution >= 0.6 is 15.9 Å². The molecular formula is C23H23BrN2O4S. The van der Waals surface area contributed by atoms with E-state index in [1.807, 2.05) is 50.2 Å². The highest BCUT2D eigenvalue weighted by molar-refractivity contribution is 9.10. The molecule has 0 aliphatic heterocycles. The third-order valence-electron chi connectivity index (χ3n) is 4.56. The minimum atomic E-state index is -3.71. The van der Waals surface area contributed by atoms with Gasteiger partial charge in [0, 0.05) is 10.2 Å². The number of hydrogen-bond donors (Lipinski definition) is 2. The monoisotopic (exact) mass is 502 g/mol. The number of carbonyl (C=O) groups excluding carboxylic acids is 1. The summed E-state index contributed by atoms with van der Waals surface area (Å²) in [5, 5.41) is 2.87. The molecule has 0 aliphatic carbocycles. The predicted molar refractivity (Wildman–Crippen MR) is 125 cm³/mol. The molecule has 2 N–H and O–H groups in total. The smallest absolute Gasteiger partial charge is 0.261 e. The lowest BCUT2D eigenvalue weighted by Crippen LogP contribution is -2.31. The van der Waals surface area contributed by atoms with E-state index >= 15 is 0 Å². The second-order valence-electron chi connectivity index (χ2n) is 7.07. The van der Waals surface area contributed by atoms with E-state index < -0.39 is 10.0 Å². The summed E-state index contributed by atoms with van der Waals surface area (Å²) in [4.78, 5) is 12.3. The number of sulfonamides is 1. The minimum absolute atomic E-state index is 0.105. The van der Waals surface area contributed by atoms with Gasteiger partial charge in [0.1, 0.15) is 5.75 Å². The van der Waals surface area contributed by atoms with Crippen LogP contribution in [-0.2, 0) is 14.8 Å². The Hall–Kier alpha value is -2.84. The van der Waals surface area contributed by atoms with Crippen LogP contribution in [-0.4, -0.2) is 20.9 Å². The molecule has 0 aromatic heterocycles. The minimum Gasteiger partial charge on any atom is -0.484 e. The Kier molecular flexibility index (Phi) is 7.35. The molecule has 1 atom stereocenters. The maximum absolute atomic E-state index is 12.5. The van der Waals surface area contributed by atoms with Crippen molar-refractivity contribution in [2.45, 2.75) is 24.8 Å². The van der Waals surface area contributed by atoms with Crippen LogP contribution in [0.5, 0.6) is 5.75 Å². The Morgan fingerprint density at radius 2 is 1.58 bits per heavy atom. The third-order valence-corrected chi connectivity index (χ3v) is 6.48. The molecule has 0 aliphatic rings. The number of anilines is 1. The number of ether oxygens (including phenoxy) is 1. The summed E-state index contributed by atoms with van der Waals surface area (Å²) in [5.74, 6) is 0.133. The van der Waals surface area contributed by atoms with Crippen LogP contribution in [0.15, 0.2) is 82.2 Å². The van der Waals surface area contributed by atoms with E-state index in [0.29, 0.717) is 11.4 Å². The second kappa shape index (κ2) is 9.98. The molecule has 0 bridgehead atoms. The Morgan fingerprint density at radius 1 is 0.968 bits per heavy atom. The molecule has 0 fully saturated rings. The summed E-state index contributed by atoms with van der Waals surface area (Å²) in [6, 6.07) is 20.5. The number of hydrogen-bond acceptors (Lipinski definition) is 4. The van der Waals surface area contributed by atoms with Gasteiger partial charge in [-0.25, -0.2) is 8.42 Å². The number of nitrogens with one attached hydrogen (secondary N) is 2. The molecule has 8 heteroatoms. The molecule has 0 unspecified atom stereocenters. The standard InChI is InChI=1S/C23H23BrN2O4S/c1-16-3-9-20(10-4-16)26-31(28,29)22-13-11-21(12-14-22)30-15-23(27)25-17(2)18-5-7-19(24)8-6-18/h3-14,17,26H,15H2,1-2H3,(H,25,27)/t17-/m1/s1. The Labute approximate surface area is 190 Å². The van der Waals surface area contributed by atoms with Gasteiger partial charge in [-0.2, -0.15) is 0 Å². The number of amides is 1. The van der Waals surface area contributed by atoms with Gasteiger partial charge in [0.05, 0.1) is 10.9 Å². The Morgan fingerprint density at radius 3 is 2.19 bits per heavy atom. The summed E-state index contributed by atoms with van der Waals surface area (Å²) in [5.41, 5.74) is 2.51. The molecule has 0 saturated heterocycles. The first kappa shape index (κ1) is 22.8. The van der Waals surface area contributed by atoms with Crippen molar-refractivity contribution < 1.29 is 17.9 Å². The average Bonchev–Trinajstić information content (AvgIpc) is 2.74. The molecule has 6 nitrogen and oxygen atoms in total. The zero-order valence-electron chi connectivity index (χ0n) is 17.1. The molecule has 31 heavy (non-hydrogen) atoms. The van der Waals surface area contributed by atoms with Crippen LogP contribution in [0.4, 0.5) is 5.69 Å². The normalized spacial score (nSPS) is 12.1. The van der Waals surface area contributed by atoms with Crippen LogP contribution in [0.3, 0.4) is 0 Å². The number of aryl methyl sites for hydroxylation is 1. The van der Waals surface area contributed by atoms with Gasteiger partial charge in [0.2, 0.25) is 0 Å². The van der Waals surface area contributed by atoms with Crippen LogP contribution in [0, 0.1) is 6.92 Å². The molecule has 3 aromatic rings. The van der Waals surface area contributed by atoms with E-state index in [9.17, 15) is 13.2 Å². The quantitative estimate of drug-likeness (QED) is 0.462. The van der Waals surface area contributed by atoms with Gasteiger partial charge in [-0.3, -0.25) is 9.52 Å². The van der Waals surface area contributed by atoms with Crippen molar-refractivity contribution in [3.63, 3.8) is 0 Å². The number of benzene rings is 3. The lowest BCUT2D eigenvalue weighted by atomic mass is 10.1. The van der Waals surface area contributed by atoms with E-state index in [-0.39, 0.29) is 23.5 Å². The molecule has 3 aromatic carbocycles. The molecule has 0 heterocycles. The van der Waals surface area contributed by atoms with Crippen molar-refractivity contribution in [1.29, 1.82) is 0 Å². The van der Waals surface area contributed by atoms with Crippen LogP contribution in [0.25, 0.3) is 0 Å². The molecule has 0 spiro atoms. The van der Waals surface area contributed by atoms with Crippen molar-refractivity contribution in [2.75, 3.05) is 11.3 Å². The maximum Gasteiger partial charge on any atom is 0.261 e. The van der Waals surface area contributed by atoms with Crippen molar-refractivity contribution in [3.8, 4) is 5.75 Å². The topological polar surface area (TPSA) is 84.5 Å².